The van der Waals surface area contributed by atoms with E-state index in [-0.39, 0.29) is 0 Å². The van der Waals surface area contributed by atoms with Gasteiger partial charge >= 0.3 is 0 Å². The summed E-state index contributed by atoms with van der Waals surface area (Å²) in [5.41, 5.74) is 0.918. The lowest BCUT2D eigenvalue weighted by atomic mass is 10.1. The predicted molar refractivity (Wildman–Crippen MR) is 67.3 cm³/mol. The summed E-state index contributed by atoms with van der Waals surface area (Å²) in [5.74, 6) is 0. The van der Waals surface area contributed by atoms with Crippen LogP contribution in [0.5, 0.6) is 0 Å². The van der Waals surface area contributed by atoms with Crippen LogP contribution in [0.3, 0.4) is 0 Å². The molecule has 6 heteroatoms. The van der Waals surface area contributed by atoms with Crippen molar-refractivity contribution in [2.45, 2.75) is 42.0 Å². The first kappa shape index (κ1) is 11.7. The second-order valence-corrected chi connectivity index (χ2v) is 5.52. The Labute approximate surface area is 109 Å². The van der Waals surface area contributed by atoms with E-state index in [1.165, 1.54) is 12.8 Å². The van der Waals surface area contributed by atoms with Crippen LogP contribution in [0.15, 0.2) is 34.3 Å². The zero-order valence-corrected chi connectivity index (χ0v) is 10.8. The van der Waals surface area contributed by atoms with Crippen LogP contribution in [-0.2, 0) is 0 Å². The Balaban J connectivity index is 1.77. The number of aliphatic hydroxyl groups is 1. The van der Waals surface area contributed by atoms with E-state index in [1.807, 2.05) is 28.9 Å². The topological polar surface area (TPSA) is 63.8 Å². The smallest absolute Gasteiger partial charge is 0.214 e. The van der Waals surface area contributed by atoms with Crippen LogP contribution in [0, 0.1) is 0 Å². The van der Waals surface area contributed by atoms with Gasteiger partial charge in [0.2, 0.25) is 5.16 Å². The molecule has 0 unspecified atom stereocenters. The molecule has 0 spiro atoms. The standard InChI is InChI=1S/C12H14N4OS/c1-8(17)9-2-6-11(7-3-9)18-12-13-14-15-16(12)10-4-5-10/h2-3,6-8,10,17H,4-5H2,1H3/t8-/m0/s1. The molecule has 0 amide bonds. The minimum Gasteiger partial charge on any atom is -0.389 e. The molecule has 3 rings (SSSR count). The summed E-state index contributed by atoms with van der Waals surface area (Å²) >= 11 is 1.55. The van der Waals surface area contributed by atoms with Gasteiger partial charge < -0.3 is 5.11 Å². The van der Waals surface area contributed by atoms with Crippen molar-refractivity contribution in [1.82, 2.24) is 20.2 Å². The molecule has 18 heavy (non-hydrogen) atoms. The molecule has 1 atom stereocenters. The molecule has 0 radical (unpaired) electrons. The largest absolute Gasteiger partial charge is 0.389 e. The first-order valence-electron chi connectivity index (χ1n) is 5.98. The number of hydrogen-bond donors (Lipinski definition) is 1. The zero-order chi connectivity index (χ0) is 12.5. The van der Waals surface area contributed by atoms with Crippen molar-refractivity contribution in [1.29, 1.82) is 0 Å². The number of rotatable bonds is 4. The fourth-order valence-electron chi connectivity index (χ4n) is 1.72. The van der Waals surface area contributed by atoms with Gasteiger partial charge in [-0.15, -0.1) is 5.10 Å². The van der Waals surface area contributed by atoms with Crippen molar-refractivity contribution in [3.8, 4) is 0 Å². The maximum atomic E-state index is 9.45. The molecule has 1 N–H and O–H groups in total. The van der Waals surface area contributed by atoms with E-state index in [0.29, 0.717) is 6.04 Å². The van der Waals surface area contributed by atoms with Gasteiger partial charge in [0.15, 0.2) is 0 Å². The van der Waals surface area contributed by atoms with Crippen LogP contribution in [-0.4, -0.2) is 25.3 Å². The number of aliphatic hydroxyl groups excluding tert-OH is 1. The molecule has 5 nitrogen and oxygen atoms in total. The highest BCUT2D eigenvalue weighted by molar-refractivity contribution is 7.99. The molecule has 1 fully saturated rings. The maximum absolute atomic E-state index is 9.45. The van der Waals surface area contributed by atoms with Crippen LogP contribution < -0.4 is 0 Å². The van der Waals surface area contributed by atoms with Crippen molar-refractivity contribution >= 4 is 11.8 Å². The van der Waals surface area contributed by atoms with Gasteiger partial charge in [0.25, 0.3) is 0 Å². The quantitative estimate of drug-likeness (QED) is 0.915. The molecule has 94 valence electrons. The molecule has 1 aliphatic rings. The first-order valence-corrected chi connectivity index (χ1v) is 6.79. The highest BCUT2D eigenvalue weighted by Crippen LogP contribution is 2.37. The molecule has 1 aliphatic carbocycles. The summed E-state index contributed by atoms with van der Waals surface area (Å²) in [6, 6.07) is 8.31. The lowest BCUT2D eigenvalue weighted by Crippen LogP contribution is -1.98. The van der Waals surface area contributed by atoms with Crippen molar-refractivity contribution in [2.24, 2.45) is 0 Å². The van der Waals surface area contributed by atoms with E-state index in [1.54, 1.807) is 18.7 Å². The minimum atomic E-state index is -0.430. The van der Waals surface area contributed by atoms with Gasteiger partial charge in [0.05, 0.1) is 12.1 Å². The first-order chi connectivity index (χ1) is 8.74. The highest BCUT2D eigenvalue weighted by Gasteiger charge is 2.28. The third kappa shape index (κ3) is 2.39. The molecule has 0 aliphatic heterocycles. The monoisotopic (exact) mass is 262 g/mol. The van der Waals surface area contributed by atoms with Crippen molar-refractivity contribution in [3.05, 3.63) is 29.8 Å². The Morgan fingerprint density at radius 2 is 2.06 bits per heavy atom. The number of benzene rings is 1. The molecule has 1 saturated carbocycles. The van der Waals surface area contributed by atoms with Crippen LogP contribution >= 0.6 is 11.8 Å². The summed E-state index contributed by atoms with van der Waals surface area (Å²) in [6.45, 7) is 1.76. The van der Waals surface area contributed by atoms with Crippen LogP contribution in [0.1, 0.15) is 37.5 Å². The van der Waals surface area contributed by atoms with Gasteiger partial charge in [-0.05, 0) is 59.7 Å². The van der Waals surface area contributed by atoms with Gasteiger partial charge in [0.1, 0.15) is 0 Å². The van der Waals surface area contributed by atoms with E-state index >= 15 is 0 Å². The Morgan fingerprint density at radius 3 is 2.67 bits per heavy atom. The second-order valence-electron chi connectivity index (χ2n) is 4.48. The summed E-state index contributed by atoms with van der Waals surface area (Å²) in [7, 11) is 0. The third-order valence-corrected chi connectivity index (χ3v) is 3.89. The lowest BCUT2D eigenvalue weighted by molar-refractivity contribution is 0.199. The minimum absolute atomic E-state index is 0.430. The number of tetrazole rings is 1. The number of aromatic nitrogens is 4. The molecule has 0 saturated heterocycles. The Bertz CT molecular complexity index is 533. The molecule has 1 aromatic carbocycles. The SMILES string of the molecule is C[C@H](O)c1ccc(Sc2nnnn2C2CC2)cc1. The van der Waals surface area contributed by atoms with Gasteiger partial charge in [-0.3, -0.25) is 0 Å². The van der Waals surface area contributed by atoms with Gasteiger partial charge in [-0.2, -0.15) is 0 Å². The van der Waals surface area contributed by atoms with Crippen LogP contribution in [0.2, 0.25) is 0 Å². The number of nitrogens with zero attached hydrogens (tertiary/aromatic N) is 4. The molecule has 1 heterocycles. The van der Waals surface area contributed by atoms with E-state index < -0.39 is 6.10 Å². The normalized spacial score (nSPS) is 16.8. The van der Waals surface area contributed by atoms with E-state index in [4.69, 9.17) is 0 Å². The summed E-state index contributed by atoms with van der Waals surface area (Å²) in [4.78, 5) is 1.08. The van der Waals surface area contributed by atoms with Crippen molar-refractivity contribution < 1.29 is 5.11 Å². The fourth-order valence-corrected chi connectivity index (χ4v) is 2.56. The predicted octanol–water partition coefficient (Wildman–Crippen LogP) is 2.21. The highest BCUT2D eigenvalue weighted by atomic mass is 32.2. The zero-order valence-electron chi connectivity index (χ0n) is 10.0. The van der Waals surface area contributed by atoms with E-state index in [9.17, 15) is 5.11 Å². The maximum Gasteiger partial charge on any atom is 0.214 e. The molecular formula is C12H14N4OS. The Kier molecular flexibility index (Phi) is 3.05. The third-order valence-electron chi connectivity index (χ3n) is 2.93. The van der Waals surface area contributed by atoms with E-state index in [2.05, 4.69) is 15.5 Å². The van der Waals surface area contributed by atoms with Gasteiger partial charge in [0, 0.05) is 4.90 Å². The average Bonchev–Trinajstić information content (AvgIpc) is 3.11. The lowest BCUT2D eigenvalue weighted by Gasteiger charge is -2.06. The molecule has 0 bridgehead atoms. The van der Waals surface area contributed by atoms with Crippen LogP contribution in [0.25, 0.3) is 0 Å². The van der Waals surface area contributed by atoms with Crippen LogP contribution in [0.4, 0.5) is 0 Å². The van der Waals surface area contributed by atoms with Crippen molar-refractivity contribution in [3.63, 3.8) is 0 Å². The molecule has 2 aromatic rings. The molecular weight excluding hydrogens is 248 g/mol. The number of hydrogen-bond acceptors (Lipinski definition) is 5. The Hall–Kier alpha value is -1.40. The summed E-state index contributed by atoms with van der Waals surface area (Å²) in [5, 5.41) is 22.1. The average molecular weight is 262 g/mol. The molecule has 1 aromatic heterocycles. The Morgan fingerprint density at radius 1 is 1.33 bits per heavy atom. The summed E-state index contributed by atoms with van der Waals surface area (Å²) < 4.78 is 1.90. The fraction of sp³-hybridized carbons (Fsp3) is 0.417. The second kappa shape index (κ2) is 4.70. The van der Waals surface area contributed by atoms with E-state index in [0.717, 1.165) is 15.6 Å². The summed E-state index contributed by atoms with van der Waals surface area (Å²) in [6.07, 6.45) is 1.90. The van der Waals surface area contributed by atoms with Crippen molar-refractivity contribution in [2.75, 3.05) is 0 Å². The van der Waals surface area contributed by atoms with Gasteiger partial charge in [-0.1, -0.05) is 12.1 Å². The van der Waals surface area contributed by atoms with Gasteiger partial charge in [-0.25, -0.2) is 4.68 Å².